The Morgan fingerprint density at radius 3 is 1.67 bits per heavy atom. The van der Waals surface area contributed by atoms with Crippen molar-refractivity contribution in [1.82, 2.24) is 4.72 Å². The highest BCUT2D eigenvalue weighted by Crippen LogP contribution is 2.35. The molecule has 0 radical (unpaired) electrons. The Balaban J connectivity index is 3.63. The van der Waals surface area contributed by atoms with Gasteiger partial charge in [0, 0.05) is 0 Å². The lowest BCUT2D eigenvalue weighted by Crippen LogP contribution is -2.42. The van der Waals surface area contributed by atoms with E-state index in [0.29, 0.717) is 0 Å². The fourth-order valence-electron chi connectivity index (χ4n) is 3.12. The lowest BCUT2D eigenvalue weighted by molar-refractivity contribution is -0.139. The predicted molar refractivity (Wildman–Crippen MR) is 110 cm³/mol. The average molecular weight is 398 g/mol. The summed E-state index contributed by atoms with van der Waals surface area (Å²) in [5.74, 6) is -0.811. The molecule has 0 aliphatic heterocycles. The van der Waals surface area contributed by atoms with Gasteiger partial charge in [-0.15, -0.1) is 0 Å². The highest BCUT2D eigenvalue weighted by molar-refractivity contribution is 7.89. The quantitative estimate of drug-likeness (QED) is 0.625. The van der Waals surface area contributed by atoms with Crippen LogP contribution in [0.25, 0.3) is 0 Å². The monoisotopic (exact) mass is 397 g/mol. The first-order chi connectivity index (χ1) is 12.3. The van der Waals surface area contributed by atoms with Gasteiger partial charge in [0.2, 0.25) is 10.0 Å². The predicted octanol–water partition coefficient (Wildman–Crippen LogP) is 4.83. The molecule has 1 aromatic rings. The summed E-state index contributed by atoms with van der Waals surface area (Å²) in [5, 5.41) is 9.48. The molecule has 2 N–H and O–H groups in total. The Bertz CT molecular complexity index is 735. The number of sulfonamides is 1. The fourth-order valence-corrected chi connectivity index (χ4v) is 5.02. The first-order valence-electron chi connectivity index (χ1n) is 9.70. The van der Waals surface area contributed by atoms with E-state index in [-0.39, 0.29) is 35.0 Å². The molecule has 0 heterocycles. The molecule has 0 saturated carbocycles. The summed E-state index contributed by atoms with van der Waals surface area (Å²) in [6.07, 6.45) is 0.243. The van der Waals surface area contributed by atoms with Crippen molar-refractivity contribution in [3.8, 4) is 0 Å². The van der Waals surface area contributed by atoms with Gasteiger partial charge < -0.3 is 5.11 Å². The molecular weight excluding hydrogens is 362 g/mol. The first kappa shape index (κ1) is 23.6. The third kappa shape index (κ3) is 6.04. The molecule has 0 amide bonds. The van der Waals surface area contributed by atoms with Crippen LogP contribution in [0, 0.1) is 5.92 Å². The molecule has 154 valence electrons. The van der Waals surface area contributed by atoms with Crippen LogP contribution in [0.2, 0.25) is 0 Å². The minimum atomic E-state index is -3.97. The number of benzene rings is 1. The summed E-state index contributed by atoms with van der Waals surface area (Å²) in [6.45, 7) is 15.8. The van der Waals surface area contributed by atoms with Crippen LogP contribution in [0.1, 0.15) is 96.3 Å². The summed E-state index contributed by atoms with van der Waals surface area (Å²) in [4.78, 5) is 11.8. The van der Waals surface area contributed by atoms with Crippen molar-refractivity contribution in [2.45, 2.75) is 90.5 Å². The molecule has 6 heteroatoms. The molecule has 1 aromatic carbocycles. The van der Waals surface area contributed by atoms with E-state index in [1.165, 1.54) is 0 Å². The first-order valence-corrected chi connectivity index (χ1v) is 11.2. The zero-order chi connectivity index (χ0) is 21.1. The number of hydrogen-bond acceptors (Lipinski definition) is 3. The summed E-state index contributed by atoms with van der Waals surface area (Å²) < 4.78 is 29.0. The topological polar surface area (TPSA) is 83.5 Å². The third-order valence-electron chi connectivity index (χ3n) is 4.65. The number of carbonyl (C=O) groups is 1. The number of carboxylic acids is 1. The molecule has 1 unspecified atom stereocenters. The summed E-state index contributed by atoms with van der Waals surface area (Å²) in [5.41, 5.74) is 2.58. The van der Waals surface area contributed by atoms with E-state index >= 15 is 0 Å². The molecule has 0 aromatic heterocycles. The SMILES string of the molecule is CC(C)CC(NS(=O)(=O)c1c(C(C)C)cc(C(C)C)cc1C(C)C)C(=O)O. The molecule has 27 heavy (non-hydrogen) atoms. The third-order valence-corrected chi connectivity index (χ3v) is 6.25. The summed E-state index contributed by atoms with van der Waals surface area (Å²) in [6, 6.07) is 2.77. The van der Waals surface area contributed by atoms with Gasteiger partial charge in [-0.2, -0.15) is 4.72 Å². The average Bonchev–Trinajstić information content (AvgIpc) is 2.51. The van der Waals surface area contributed by atoms with Gasteiger partial charge in [-0.3, -0.25) is 4.79 Å². The molecule has 0 aliphatic rings. The van der Waals surface area contributed by atoms with E-state index in [1.807, 2.05) is 53.7 Å². The van der Waals surface area contributed by atoms with Crippen LogP contribution in [-0.2, 0) is 14.8 Å². The van der Waals surface area contributed by atoms with Crippen molar-refractivity contribution < 1.29 is 18.3 Å². The van der Waals surface area contributed by atoms with E-state index in [0.717, 1.165) is 16.7 Å². The second-order valence-corrected chi connectivity index (χ2v) is 10.3. The van der Waals surface area contributed by atoms with Gasteiger partial charge in [-0.05, 0) is 46.8 Å². The van der Waals surface area contributed by atoms with Crippen LogP contribution in [-0.4, -0.2) is 25.5 Å². The van der Waals surface area contributed by atoms with Crippen LogP contribution in [0.3, 0.4) is 0 Å². The molecule has 0 bridgehead atoms. The van der Waals surface area contributed by atoms with Gasteiger partial charge in [0.25, 0.3) is 0 Å². The maximum atomic E-state index is 13.3. The Morgan fingerprint density at radius 1 is 0.926 bits per heavy atom. The van der Waals surface area contributed by atoms with Gasteiger partial charge in [0.05, 0.1) is 4.90 Å². The lowest BCUT2D eigenvalue weighted by atomic mass is 9.89. The van der Waals surface area contributed by atoms with E-state index in [1.54, 1.807) is 0 Å². The zero-order valence-electron chi connectivity index (χ0n) is 17.8. The van der Waals surface area contributed by atoms with Gasteiger partial charge in [0.1, 0.15) is 6.04 Å². The van der Waals surface area contributed by atoms with E-state index in [4.69, 9.17) is 0 Å². The minimum absolute atomic E-state index is 0.00107. The Hall–Kier alpha value is -1.40. The molecule has 5 nitrogen and oxygen atoms in total. The maximum absolute atomic E-state index is 13.3. The highest BCUT2D eigenvalue weighted by atomic mass is 32.2. The Labute approximate surface area is 164 Å². The van der Waals surface area contributed by atoms with E-state index in [9.17, 15) is 18.3 Å². The van der Waals surface area contributed by atoms with E-state index in [2.05, 4.69) is 18.6 Å². The smallest absolute Gasteiger partial charge is 0.321 e. The van der Waals surface area contributed by atoms with Crippen molar-refractivity contribution >= 4 is 16.0 Å². The number of aliphatic carboxylic acids is 1. The summed E-state index contributed by atoms with van der Waals surface area (Å²) >= 11 is 0. The van der Waals surface area contributed by atoms with Crippen molar-refractivity contribution in [2.24, 2.45) is 5.92 Å². The van der Waals surface area contributed by atoms with Crippen LogP contribution in [0.4, 0.5) is 0 Å². The number of carboxylic acid groups (broad SMARTS) is 1. The van der Waals surface area contributed by atoms with Crippen molar-refractivity contribution in [3.05, 3.63) is 28.8 Å². The summed E-state index contributed by atoms with van der Waals surface area (Å²) in [7, 11) is -3.97. The van der Waals surface area contributed by atoms with Gasteiger partial charge in [-0.1, -0.05) is 67.5 Å². The molecular formula is C21H35NO4S. The lowest BCUT2D eigenvalue weighted by Gasteiger charge is -2.24. The molecule has 0 spiro atoms. The van der Waals surface area contributed by atoms with Crippen molar-refractivity contribution in [2.75, 3.05) is 0 Å². The second-order valence-electron chi connectivity index (χ2n) is 8.63. The van der Waals surface area contributed by atoms with Crippen molar-refractivity contribution in [1.29, 1.82) is 0 Å². The van der Waals surface area contributed by atoms with Crippen LogP contribution < -0.4 is 4.72 Å². The van der Waals surface area contributed by atoms with E-state index < -0.39 is 22.0 Å². The standard InChI is InChI=1S/C21H35NO4S/c1-12(2)9-19(21(23)24)22-27(25,26)20-17(14(5)6)10-16(13(3)4)11-18(20)15(7)8/h10-15,19,22H,9H2,1-8H3,(H,23,24). The Kier molecular flexibility index (Phi) is 8.05. The number of nitrogens with one attached hydrogen (secondary N) is 1. The fraction of sp³-hybridized carbons (Fsp3) is 0.667. The van der Waals surface area contributed by atoms with Crippen LogP contribution in [0.5, 0.6) is 0 Å². The zero-order valence-corrected chi connectivity index (χ0v) is 18.6. The van der Waals surface area contributed by atoms with Gasteiger partial charge >= 0.3 is 5.97 Å². The van der Waals surface area contributed by atoms with Gasteiger partial charge in [0.15, 0.2) is 0 Å². The number of hydrogen-bond donors (Lipinski definition) is 2. The molecule has 1 rings (SSSR count). The van der Waals surface area contributed by atoms with Crippen molar-refractivity contribution in [3.63, 3.8) is 0 Å². The molecule has 1 atom stereocenters. The highest BCUT2D eigenvalue weighted by Gasteiger charge is 2.31. The molecule has 0 saturated heterocycles. The maximum Gasteiger partial charge on any atom is 0.321 e. The second kappa shape index (κ2) is 9.20. The number of rotatable bonds is 9. The largest absolute Gasteiger partial charge is 0.480 e. The normalized spacial score (nSPS) is 13.8. The van der Waals surface area contributed by atoms with Crippen LogP contribution >= 0.6 is 0 Å². The minimum Gasteiger partial charge on any atom is -0.480 e. The Morgan fingerprint density at radius 2 is 1.37 bits per heavy atom. The van der Waals surface area contributed by atoms with Crippen LogP contribution in [0.15, 0.2) is 17.0 Å². The van der Waals surface area contributed by atoms with Gasteiger partial charge in [-0.25, -0.2) is 8.42 Å². The molecule has 0 fully saturated rings. The molecule has 0 aliphatic carbocycles.